The van der Waals surface area contributed by atoms with Crippen molar-refractivity contribution < 1.29 is 0 Å². The van der Waals surface area contributed by atoms with Gasteiger partial charge in [-0.15, -0.1) is 0 Å². The zero-order chi connectivity index (χ0) is 11.9. The molecular formula is C14H25N3. The quantitative estimate of drug-likeness (QED) is 0.656. The molecule has 0 saturated heterocycles. The Balaban J connectivity index is 1.56. The van der Waals surface area contributed by atoms with Crippen LogP contribution in [0.2, 0.25) is 0 Å². The van der Waals surface area contributed by atoms with Crippen LogP contribution in [0.4, 0.5) is 5.95 Å². The topological polar surface area (TPSA) is 29.9 Å². The maximum Gasteiger partial charge on any atom is 0.203 e. The molecule has 17 heavy (non-hydrogen) atoms. The van der Waals surface area contributed by atoms with E-state index in [1.54, 1.807) is 0 Å². The van der Waals surface area contributed by atoms with Crippen molar-refractivity contribution in [2.75, 3.05) is 11.9 Å². The van der Waals surface area contributed by atoms with Crippen LogP contribution in [0.1, 0.15) is 64.3 Å². The molecule has 1 aromatic heterocycles. The molecular weight excluding hydrogens is 210 g/mol. The number of nitrogens with zero attached hydrogens (tertiary/aromatic N) is 2. The highest BCUT2D eigenvalue weighted by atomic mass is 15.2. The van der Waals surface area contributed by atoms with Crippen LogP contribution in [0.25, 0.3) is 0 Å². The average molecular weight is 235 g/mol. The van der Waals surface area contributed by atoms with Crippen molar-refractivity contribution in [2.24, 2.45) is 0 Å². The highest BCUT2D eigenvalue weighted by Gasteiger charge is 2.25. The molecule has 0 aliphatic heterocycles. The Morgan fingerprint density at radius 1 is 1.24 bits per heavy atom. The lowest BCUT2D eigenvalue weighted by molar-refractivity contribution is 0.615. The first-order valence-electron chi connectivity index (χ1n) is 7.18. The van der Waals surface area contributed by atoms with Gasteiger partial charge in [-0.25, -0.2) is 4.98 Å². The van der Waals surface area contributed by atoms with Crippen LogP contribution in [0.3, 0.4) is 0 Å². The van der Waals surface area contributed by atoms with Crippen LogP contribution < -0.4 is 5.32 Å². The van der Waals surface area contributed by atoms with Gasteiger partial charge in [0, 0.05) is 25.0 Å². The smallest absolute Gasteiger partial charge is 0.203 e. The van der Waals surface area contributed by atoms with E-state index in [2.05, 4.69) is 28.0 Å². The van der Waals surface area contributed by atoms with Crippen molar-refractivity contribution in [3.05, 3.63) is 12.4 Å². The van der Waals surface area contributed by atoms with Crippen molar-refractivity contribution in [1.29, 1.82) is 0 Å². The summed E-state index contributed by atoms with van der Waals surface area (Å²) in [5.41, 5.74) is 0. The number of anilines is 1. The minimum atomic E-state index is 0.726. The molecule has 2 rings (SSSR count). The van der Waals surface area contributed by atoms with Gasteiger partial charge in [0.1, 0.15) is 0 Å². The second kappa shape index (κ2) is 6.67. The van der Waals surface area contributed by atoms with Crippen LogP contribution in [0.5, 0.6) is 0 Å². The molecule has 3 nitrogen and oxygen atoms in total. The molecule has 96 valence electrons. The Bertz CT molecular complexity index is 315. The Morgan fingerprint density at radius 3 is 2.76 bits per heavy atom. The number of aromatic nitrogens is 2. The predicted molar refractivity (Wildman–Crippen MR) is 72.4 cm³/mol. The third kappa shape index (κ3) is 4.06. The number of rotatable bonds is 9. The second-order valence-corrected chi connectivity index (χ2v) is 5.08. The Kier molecular flexibility index (Phi) is 4.89. The summed E-state index contributed by atoms with van der Waals surface area (Å²) in [5.74, 6) is 1.07. The molecule has 0 aromatic carbocycles. The van der Waals surface area contributed by atoms with Crippen LogP contribution in [0, 0.1) is 0 Å². The van der Waals surface area contributed by atoms with E-state index in [0.29, 0.717) is 0 Å². The van der Waals surface area contributed by atoms with Gasteiger partial charge in [-0.1, -0.05) is 39.0 Å². The number of imidazole rings is 1. The zero-order valence-electron chi connectivity index (χ0n) is 11.0. The maximum atomic E-state index is 4.38. The van der Waals surface area contributed by atoms with E-state index in [9.17, 15) is 0 Å². The summed E-state index contributed by atoms with van der Waals surface area (Å²) in [7, 11) is 0. The van der Waals surface area contributed by atoms with Gasteiger partial charge in [0.2, 0.25) is 5.95 Å². The summed E-state index contributed by atoms with van der Waals surface area (Å²) in [6.07, 6.45) is 14.8. The number of hydrogen-bond acceptors (Lipinski definition) is 2. The lowest BCUT2D eigenvalue weighted by Crippen LogP contribution is -2.07. The predicted octanol–water partition coefficient (Wildman–Crippen LogP) is 3.99. The number of nitrogens with one attached hydrogen (secondary N) is 1. The molecule has 1 N–H and O–H groups in total. The average Bonchev–Trinajstić information content (AvgIpc) is 3.08. The summed E-state index contributed by atoms with van der Waals surface area (Å²) in [5, 5.41) is 3.46. The van der Waals surface area contributed by atoms with Gasteiger partial charge in [0.15, 0.2) is 0 Å². The monoisotopic (exact) mass is 235 g/mol. The fraction of sp³-hybridized carbons (Fsp3) is 0.786. The van der Waals surface area contributed by atoms with Gasteiger partial charge in [-0.3, -0.25) is 0 Å². The minimum absolute atomic E-state index is 0.726. The van der Waals surface area contributed by atoms with Crippen molar-refractivity contribution >= 4 is 5.95 Å². The van der Waals surface area contributed by atoms with E-state index in [1.165, 1.54) is 51.4 Å². The van der Waals surface area contributed by atoms with Crippen LogP contribution in [-0.2, 0) is 0 Å². The van der Waals surface area contributed by atoms with Gasteiger partial charge < -0.3 is 9.88 Å². The number of unbranched alkanes of at least 4 members (excludes halogenated alkanes) is 5. The number of hydrogen-bond donors (Lipinski definition) is 1. The molecule has 1 aliphatic rings. The second-order valence-electron chi connectivity index (χ2n) is 5.08. The molecule has 1 aromatic rings. The Morgan fingerprint density at radius 2 is 2.00 bits per heavy atom. The summed E-state index contributed by atoms with van der Waals surface area (Å²) >= 11 is 0. The molecule has 0 atom stereocenters. The first-order chi connectivity index (χ1) is 8.42. The standard InChI is InChI=1S/C14H25N3/c1-2-3-4-5-6-7-10-15-14-16-11-12-17(14)13-8-9-13/h11-13H,2-10H2,1H3,(H,15,16). The maximum absolute atomic E-state index is 4.38. The summed E-state index contributed by atoms with van der Waals surface area (Å²) in [4.78, 5) is 4.38. The third-order valence-electron chi connectivity index (χ3n) is 3.42. The summed E-state index contributed by atoms with van der Waals surface area (Å²) < 4.78 is 2.29. The van der Waals surface area contributed by atoms with Crippen LogP contribution >= 0.6 is 0 Å². The van der Waals surface area contributed by atoms with E-state index >= 15 is 0 Å². The fourth-order valence-corrected chi connectivity index (χ4v) is 2.20. The molecule has 0 spiro atoms. The molecule has 1 saturated carbocycles. The SMILES string of the molecule is CCCCCCCCNc1nccn1C1CC1. The van der Waals surface area contributed by atoms with Crippen LogP contribution in [-0.4, -0.2) is 16.1 Å². The zero-order valence-corrected chi connectivity index (χ0v) is 11.0. The first-order valence-corrected chi connectivity index (χ1v) is 7.18. The van der Waals surface area contributed by atoms with E-state index in [0.717, 1.165) is 18.5 Å². The summed E-state index contributed by atoms with van der Waals surface area (Å²) in [6.45, 7) is 3.33. The third-order valence-corrected chi connectivity index (χ3v) is 3.42. The van der Waals surface area contributed by atoms with E-state index < -0.39 is 0 Å². The first kappa shape index (κ1) is 12.5. The van der Waals surface area contributed by atoms with E-state index in [1.807, 2.05) is 6.20 Å². The molecule has 0 unspecified atom stereocenters. The van der Waals surface area contributed by atoms with Gasteiger partial charge in [-0.05, 0) is 19.3 Å². The molecule has 1 fully saturated rings. The fourth-order valence-electron chi connectivity index (χ4n) is 2.20. The largest absolute Gasteiger partial charge is 0.356 e. The van der Waals surface area contributed by atoms with Gasteiger partial charge in [-0.2, -0.15) is 0 Å². The molecule has 3 heteroatoms. The molecule has 0 amide bonds. The minimum Gasteiger partial charge on any atom is -0.356 e. The molecule has 1 heterocycles. The Hall–Kier alpha value is -0.990. The normalized spacial score (nSPS) is 15.1. The van der Waals surface area contributed by atoms with Gasteiger partial charge in [0.25, 0.3) is 0 Å². The van der Waals surface area contributed by atoms with Crippen LogP contribution in [0.15, 0.2) is 12.4 Å². The molecule has 0 bridgehead atoms. The molecule has 0 radical (unpaired) electrons. The van der Waals surface area contributed by atoms with Crippen molar-refractivity contribution in [3.63, 3.8) is 0 Å². The van der Waals surface area contributed by atoms with E-state index in [-0.39, 0.29) is 0 Å². The Labute approximate surface area is 105 Å². The highest BCUT2D eigenvalue weighted by Crippen LogP contribution is 2.36. The highest BCUT2D eigenvalue weighted by molar-refractivity contribution is 5.27. The van der Waals surface area contributed by atoms with Gasteiger partial charge >= 0.3 is 0 Å². The van der Waals surface area contributed by atoms with Crippen molar-refractivity contribution in [1.82, 2.24) is 9.55 Å². The van der Waals surface area contributed by atoms with E-state index in [4.69, 9.17) is 0 Å². The lowest BCUT2D eigenvalue weighted by Gasteiger charge is -2.08. The van der Waals surface area contributed by atoms with Crippen molar-refractivity contribution in [3.8, 4) is 0 Å². The van der Waals surface area contributed by atoms with Gasteiger partial charge in [0.05, 0.1) is 0 Å². The van der Waals surface area contributed by atoms with Crippen molar-refractivity contribution in [2.45, 2.75) is 64.3 Å². The molecule has 1 aliphatic carbocycles. The summed E-state index contributed by atoms with van der Waals surface area (Å²) in [6, 6.07) is 0.726. The lowest BCUT2D eigenvalue weighted by atomic mass is 10.1.